The van der Waals surface area contributed by atoms with E-state index in [2.05, 4.69) is 8.37 Å². The molecule has 1 fully saturated rings. The fourth-order valence-electron chi connectivity index (χ4n) is 1.14. The highest BCUT2D eigenvalue weighted by atomic mass is 32.2. The maximum Gasteiger partial charge on any atom is 0.264 e. The van der Waals surface area contributed by atoms with Gasteiger partial charge in [0.2, 0.25) is 0 Å². The second kappa shape index (κ2) is 4.36. The van der Waals surface area contributed by atoms with Gasteiger partial charge >= 0.3 is 0 Å². The molecule has 0 saturated heterocycles. The topological polar surface area (TPSA) is 86.7 Å². The molecule has 0 radical (unpaired) electrons. The summed E-state index contributed by atoms with van der Waals surface area (Å²) in [5.74, 6) is 0.169. The van der Waals surface area contributed by atoms with Crippen LogP contribution in [0, 0.1) is 11.8 Å². The van der Waals surface area contributed by atoms with E-state index in [1.165, 1.54) is 0 Å². The average molecular weight is 258 g/mol. The first-order chi connectivity index (χ1) is 6.67. The number of rotatable bonds is 6. The summed E-state index contributed by atoms with van der Waals surface area (Å²) in [5.41, 5.74) is 0. The van der Waals surface area contributed by atoms with E-state index >= 15 is 0 Å². The average Bonchev–Trinajstić information content (AvgIpc) is 2.73. The molecule has 6 nitrogen and oxygen atoms in total. The summed E-state index contributed by atoms with van der Waals surface area (Å²) in [6.07, 6.45) is 2.71. The number of hydrogen-bond acceptors (Lipinski definition) is 6. The molecule has 2 atom stereocenters. The second-order valence-electron chi connectivity index (χ2n) is 3.73. The Morgan fingerprint density at radius 3 is 1.53 bits per heavy atom. The third-order valence-electron chi connectivity index (χ3n) is 2.06. The Morgan fingerprint density at radius 2 is 1.27 bits per heavy atom. The highest BCUT2D eigenvalue weighted by Crippen LogP contribution is 2.39. The van der Waals surface area contributed by atoms with Gasteiger partial charge in [-0.05, 0) is 18.3 Å². The predicted molar refractivity (Wildman–Crippen MR) is 53.2 cm³/mol. The number of hydrogen-bond donors (Lipinski definition) is 0. The van der Waals surface area contributed by atoms with E-state index in [4.69, 9.17) is 0 Å². The van der Waals surface area contributed by atoms with Crippen molar-refractivity contribution in [3.8, 4) is 0 Å². The van der Waals surface area contributed by atoms with Crippen molar-refractivity contribution < 1.29 is 25.2 Å². The predicted octanol–water partition coefficient (Wildman–Crippen LogP) is -0.425. The Morgan fingerprint density at radius 1 is 0.933 bits per heavy atom. The molecular formula is C7H14O6S2. The Kier molecular flexibility index (Phi) is 3.75. The van der Waals surface area contributed by atoms with Crippen LogP contribution in [0.2, 0.25) is 0 Å². The van der Waals surface area contributed by atoms with E-state index in [1.54, 1.807) is 0 Å². The fraction of sp³-hybridized carbons (Fsp3) is 1.00. The molecule has 0 aromatic heterocycles. The van der Waals surface area contributed by atoms with Crippen molar-refractivity contribution in [3.63, 3.8) is 0 Å². The molecule has 1 rings (SSSR count). The molecule has 0 heterocycles. The van der Waals surface area contributed by atoms with Gasteiger partial charge in [0.25, 0.3) is 20.2 Å². The molecule has 8 heteroatoms. The molecule has 0 aliphatic heterocycles. The molecule has 1 saturated carbocycles. The molecular weight excluding hydrogens is 244 g/mol. The third-order valence-corrected chi connectivity index (χ3v) is 3.19. The first-order valence-electron chi connectivity index (χ1n) is 4.36. The lowest BCUT2D eigenvalue weighted by molar-refractivity contribution is 0.264. The minimum Gasteiger partial charge on any atom is -0.270 e. The minimum absolute atomic E-state index is 0.0847. The van der Waals surface area contributed by atoms with Crippen molar-refractivity contribution in [3.05, 3.63) is 0 Å². The van der Waals surface area contributed by atoms with Crippen LogP contribution in [0.5, 0.6) is 0 Å². The Bertz CT molecular complexity index is 369. The van der Waals surface area contributed by atoms with Gasteiger partial charge in [-0.1, -0.05) is 0 Å². The summed E-state index contributed by atoms with van der Waals surface area (Å²) in [4.78, 5) is 0. The molecule has 90 valence electrons. The molecule has 0 amide bonds. The van der Waals surface area contributed by atoms with Crippen LogP contribution >= 0.6 is 0 Å². The van der Waals surface area contributed by atoms with E-state index in [1.807, 2.05) is 0 Å². The Hall–Kier alpha value is -0.180. The van der Waals surface area contributed by atoms with Gasteiger partial charge in [0.15, 0.2) is 0 Å². The SMILES string of the molecule is CS(=O)(=O)OCC1CC1COS(C)(=O)=O. The van der Waals surface area contributed by atoms with Crippen LogP contribution in [-0.4, -0.2) is 42.6 Å². The summed E-state index contributed by atoms with van der Waals surface area (Å²) in [6, 6.07) is 0. The van der Waals surface area contributed by atoms with Gasteiger partial charge < -0.3 is 0 Å². The smallest absolute Gasteiger partial charge is 0.264 e. The highest BCUT2D eigenvalue weighted by Gasteiger charge is 2.38. The summed E-state index contributed by atoms with van der Waals surface area (Å²) < 4.78 is 51.7. The van der Waals surface area contributed by atoms with E-state index in [9.17, 15) is 16.8 Å². The Labute approximate surface area is 89.8 Å². The second-order valence-corrected chi connectivity index (χ2v) is 7.02. The molecule has 1 aliphatic rings. The molecule has 0 aromatic carbocycles. The largest absolute Gasteiger partial charge is 0.270 e. The van der Waals surface area contributed by atoms with Crippen LogP contribution in [0.4, 0.5) is 0 Å². The van der Waals surface area contributed by atoms with E-state index < -0.39 is 20.2 Å². The van der Waals surface area contributed by atoms with Crippen molar-refractivity contribution in [1.29, 1.82) is 0 Å². The van der Waals surface area contributed by atoms with Crippen LogP contribution in [0.3, 0.4) is 0 Å². The summed E-state index contributed by atoms with van der Waals surface area (Å²) in [6.45, 7) is 0.216. The third kappa shape index (κ3) is 6.08. The first-order valence-corrected chi connectivity index (χ1v) is 7.99. The summed E-state index contributed by atoms with van der Waals surface area (Å²) in [5, 5.41) is 0. The van der Waals surface area contributed by atoms with Crippen molar-refractivity contribution in [2.75, 3.05) is 25.7 Å². The lowest BCUT2D eigenvalue weighted by Gasteiger charge is -2.01. The maximum atomic E-state index is 10.6. The van der Waals surface area contributed by atoms with Crippen LogP contribution in [0.25, 0.3) is 0 Å². The van der Waals surface area contributed by atoms with Crippen LogP contribution in [-0.2, 0) is 28.6 Å². The van der Waals surface area contributed by atoms with Crippen LogP contribution in [0.15, 0.2) is 0 Å². The molecule has 0 bridgehead atoms. The lowest BCUT2D eigenvalue weighted by Crippen LogP contribution is -2.09. The highest BCUT2D eigenvalue weighted by molar-refractivity contribution is 7.86. The van der Waals surface area contributed by atoms with Gasteiger partial charge in [0.05, 0.1) is 25.7 Å². The zero-order valence-corrected chi connectivity index (χ0v) is 10.2. The van der Waals surface area contributed by atoms with E-state index in [0.29, 0.717) is 0 Å². The molecule has 0 spiro atoms. The van der Waals surface area contributed by atoms with E-state index in [-0.39, 0.29) is 25.0 Å². The Balaban J connectivity index is 2.19. The lowest BCUT2D eigenvalue weighted by atomic mass is 10.3. The monoisotopic (exact) mass is 258 g/mol. The molecule has 15 heavy (non-hydrogen) atoms. The molecule has 0 aromatic rings. The van der Waals surface area contributed by atoms with Crippen molar-refractivity contribution >= 4 is 20.2 Å². The van der Waals surface area contributed by atoms with E-state index in [0.717, 1.165) is 18.9 Å². The van der Waals surface area contributed by atoms with Gasteiger partial charge in [0, 0.05) is 0 Å². The zero-order chi connectivity index (χ0) is 11.7. The van der Waals surface area contributed by atoms with Gasteiger partial charge in [-0.3, -0.25) is 8.37 Å². The molecule has 0 N–H and O–H groups in total. The van der Waals surface area contributed by atoms with Crippen molar-refractivity contribution in [1.82, 2.24) is 0 Å². The van der Waals surface area contributed by atoms with Gasteiger partial charge in [0.1, 0.15) is 0 Å². The summed E-state index contributed by atoms with van der Waals surface area (Å²) in [7, 11) is -6.81. The first kappa shape index (κ1) is 12.9. The van der Waals surface area contributed by atoms with Crippen LogP contribution in [0.1, 0.15) is 6.42 Å². The quantitative estimate of drug-likeness (QED) is 0.601. The van der Waals surface area contributed by atoms with Gasteiger partial charge in [-0.15, -0.1) is 0 Å². The molecule has 1 aliphatic carbocycles. The zero-order valence-electron chi connectivity index (χ0n) is 8.54. The summed E-state index contributed by atoms with van der Waals surface area (Å²) >= 11 is 0. The van der Waals surface area contributed by atoms with Gasteiger partial charge in [-0.25, -0.2) is 0 Å². The standard InChI is InChI=1S/C7H14O6S2/c1-14(8,9)12-4-6-3-7(6)5-13-15(2,10)11/h6-7H,3-5H2,1-2H3. The van der Waals surface area contributed by atoms with Crippen molar-refractivity contribution in [2.24, 2.45) is 11.8 Å². The normalized spacial score (nSPS) is 26.5. The van der Waals surface area contributed by atoms with Crippen molar-refractivity contribution in [2.45, 2.75) is 6.42 Å². The van der Waals surface area contributed by atoms with Gasteiger partial charge in [-0.2, -0.15) is 16.8 Å². The fourth-order valence-corrected chi connectivity index (χ4v) is 1.98. The minimum atomic E-state index is -3.41. The maximum absolute atomic E-state index is 10.6. The molecule has 2 unspecified atom stereocenters. The van der Waals surface area contributed by atoms with Crippen LogP contribution < -0.4 is 0 Å².